The van der Waals surface area contributed by atoms with Crippen molar-refractivity contribution in [1.29, 1.82) is 0 Å². The summed E-state index contributed by atoms with van der Waals surface area (Å²) in [6, 6.07) is 11.7. The predicted octanol–water partition coefficient (Wildman–Crippen LogP) is 2.58. The lowest BCUT2D eigenvalue weighted by molar-refractivity contribution is -0.122. The van der Waals surface area contributed by atoms with Crippen LogP contribution in [0.1, 0.15) is 37.7 Å². The summed E-state index contributed by atoms with van der Waals surface area (Å²) < 4.78 is 1.58. The van der Waals surface area contributed by atoms with Gasteiger partial charge in [-0.05, 0) is 43.1 Å². The number of benzene rings is 1. The lowest BCUT2D eigenvalue weighted by Crippen LogP contribution is -2.38. The number of nitrogens with zero attached hydrogens (tertiary/aromatic N) is 3. The van der Waals surface area contributed by atoms with Gasteiger partial charge in [-0.1, -0.05) is 30.3 Å². The summed E-state index contributed by atoms with van der Waals surface area (Å²) in [4.78, 5) is 26.9. The van der Waals surface area contributed by atoms with E-state index >= 15 is 0 Å². The van der Waals surface area contributed by atoms with Gasteiger partial charge >= 0.3 is 0 Å². The zero-order valence-corrected chi connectivity index (χ0v) is 16.2. The molecule has 1 atom stereocenters. The molecular weight excluding hydrogens is 352 g/mol. The van der Waals surface area contributed by atoms with Crippen LogP contribution in [0.3, 0.4) is 0 Å². The molecule has 1 amide bonds. The molecule has 0 bridgehead atoms. The highest BCUT2D eigenvalue weighted by Gasteiger charge is 2.25. The summed E-state index contributed by atoms with van der Waals surface area (Å²) >= 11 is 0. The van der Waals surface area contributed by atoms with Crippen LogP contribution in [0.2, 0.25) is 0 Å². The highest BCUT2D eigenvalue weighted by Crippen LogP contribution is 2.30. The number of hydrogen-bond donors (Lipinski definition) is 1. The van der Waals surface area contributed by atoms with E-state index in [-0.39, 0.29) is 11.5 Å². The van der Waals surface area contributed by atoms with Gasteiger partial charge in [0.05, 0.1) is 11.9 Å². The first-order chi connectivity index (χ1) is 13.7. The minimum Gasteiger partial charge on any atom is -0.370 e. The maximum absolute atomic E-state index is 12.3. The highest BCUT2D eigenvalue weighted by atomic mass is 16.1. The molecule has 28 heavy (non-hydrogen) atoms. The first kappa shape index (κ1) is 18.7. The van der Waals surface area contributed by atoms with Crippen molar-refractivity contribution in [3.05, 3.63) is 58.5 Å². The maximum Gasteiger partial charge on any atom is 0.268 e. The zero-order valence-electron chi connectivity index (χ0n) is 16.2. The molecule has 6 nitrogen and oxygen atoms in total. The van der Waals surface area contributed by atoms with E-state index in [0.29, 0.717) is 24.8 Å². The van der Waals surface area contributed by atoms with Crippen LogP contribution >= 0.6 is 0 Å². The van der Waals surface area contributed by atoms with Crippen molar-refractivity contribution in [3.8, 4) is 0 Å². The molecule has 1 unspecified atom stereocenters. The van der Waals surface area contributed by atoms with Crippen LogP contribution in [0.5, 0.6) is 0 Å². The van der Waals surface area contributed by atoms with E-state index in [0.717, 1.165) is 43.7 Å². The molecule has 2 fully saturated rings. The van der Waals surface area contributed by atoms with Gasteiger partial charge in [0.15, 0.2) is 0 Å². The molecule has 0 radical (unpaired) electrons. The Morgan fingerprint density at radius 1 is 1.14 bits per heavy atom. The molecule has 1 saturated carbocycles. The van der Waals surface area contributed by atoms with Crippen molar-refractivity contribution >= 4 is 11.6 Å². The molecule has 1 saturated heterocycles. The Bertz CT molecular complexity index is 860. The smallest absolute Gasteiger partial charge is 0.268 e. The van der Waals surface area contributed by atoms with Crippen LogP contribution in [0.4, 0.5) is 5.69 Å². The van der Waals surface area contributed by atoms with Crippen LogP contribution < -0.4 is 15.8 Å². The number of carbonyl (C=O) groups is 1. The van der Waals surface area contributed by atoms with E-state index in [1.54, 1.807) is 10.7 Å². The largest absolute Gasteiger partial charge is 0.370 e. The standard InChI is InChI=1S/C22H28N4O2/c27-21(23-13-17-5-2-1-3-6-17)11-19-7-4-10-25(15-19)20-12-22(28)26(24-14-20)16-18-8-9-18/h1-3,5-6,12,14,18-19H,4,7-11,13,15-16H2,(H,23,27). The molecule has 0 spiro atoms. The average Bonchev–Trinajstić information content (AvgIpc) is 3.53. The third kappa shape index (κ3) is 5.00. The van der Waals surface area contributed by atoms with Gasteiger partial charge in [-0.15, -0.1) is 0 Å². The Balaban J connectivity index is 1.30. The molecule has 6 heteroatoms. The number of amides is 1. The molecule has 1 aromatic heterocycles. The Hall–Kier alpha value is -2.63. The lowest BCUT2D eigenvalue weighted by Gasteiger charge is -2.34. The summed E-state index contributed by atoms with van der Waals surface area (Å²) in [7, 11) is 0. The fraction of sp³-hybridized carbons (Fsp3) is 0.500. The fourth-order valence-corrected chi connectivity index (χ4v) is 3.88. The molecule has 4 rings (SSSR count). The van der Waals surface area contributed by atoms with Gasteiger partial charge in [0.2, 0.25) is 5.91 Å². The number of hydrogen-bond acceptors (Lipinski definition) is 4. The van der Waals surface area contributed by atoms with Crippen LogP contribution in [0.15, 0.2) is 47.4 Å². The summed E-state index contributed by atoms with van der Waals surface area (Å²) in [6.45, 7) is 3.02. The van der Waals surface area contributed by atoms with Crippen molar-refractivity contribution < 1.29 is 4.79 Å². The first-order valence-electron chi connectivity index (χ1n) is 10.3. The van der Waals surface area contributed by atoms with Crippen molar-refractivity contribution in [2.45, 2.75) is 45.2 Å². The Kier molecular flexibility index (Phi) is 5.74. The topological polar surface area (TPSA) is 67.2 Å². The molecule has 2 heterocycles. The number of carbonyl (C=O) groups excluding carboxylic acids is 1. The fourth-order valence-electron chi connectivity index (χ4n) is 3.88. The van der Waals surface area contributed by atoms with Gasteiger partial charge < -0.3 is 10.2 Å². The average molecular weight is 380 g/mol. The summed E-state index contributed by atoms with van der Waals surface area (Å²) in [5, 5.41) is 7.38. The van der Waals surface area contributed by atoms with Crippen LogP contribution in [-0.4, -0.2) is 28.8 Å². The third-order valence-corrected chi connectivity index (χ3v) is 5.67. The monoisotopic (exact) mass is 380 g/mol. The highest BCUT2D eigenvalue weighted by molar-refractivity contribution is 5.76. The molecule has 148 valence electrons. The SMILES string of the molecule is O=C(CC1CCCN(c2cnn(CC3CC3)c(=O)c2)C1)NCc1ccccc1. The molecular formula is C22H28N4O2. The molecule has 1 aliphatic heterocycles. The molecule has 1 N–H and O–H groups in total. The number of piperidine rings is 1. The summed E-state index contributed by atoms with van der Waals surface area (Å²) in [5.74, 6) is 1.02. The molecule has 2 aromatic rings. The predicted molar refractivity (Wildman–Crippen MR) is 109 cm³/mol. The Morgan fingerprint density at radius 3 is 2.71 bits per heavy atom. The van der Waals surface area contributed by atoms with E-state index < -0.39 is 0 Å². The van der Waals surface area contributed by atoms with Gasteiger partial charge in [0, 0.05) is 38.7 Å². The van der Waals surface area contributed by atoms with Gasteiger partial charge in [-0.2, -0.15) is 5.10 Å². The second kappa shape index (κ2) is 8.59. The van der Waals surface area contributed by atoms with E-state index in [9.17, 15) is 9.59 Å². The minimum atomic E-state index is -0.0212. The summed E-state index contributed by atoms with van der Waals surface area (Å²) in [6.07, 6.45) is 6.81. The Labute approximate surface area is 165 Å². The molecule has 1 aromatic carbocycles. The van der Waals surface area contributed by atoms with Gasteiger partial charge in [0.25, 0.3) is 5.56 Å². The third-order valence-electron chi connectivity index (χ3n) is 5.67. The van der Waals surface area contributed by atoms with Crippen molar-refractivity contribution in [2.75, 3.05) is 18.0 Å². The quantitative estimate of drug-likeness (QED) is 0.802. The van der Waals surface area contributed by atoms with Gasteiger partial charge in [-0.25, -0.2) is 4.68 Å². The van der Waals surface area contributed by atoms with Crippen LogP contribution in [-0.2, 0) is 17.9 Å². The van der Waals surface area contributed by atoms with Crippen LogP contribution in [0, 0.1) is 11.8 Å². The second-order valence-electron chi connectivity index (χ2n) is 8.10. The normalized spacial score (nSPS) is 19.4. The molecule has 1 aliphatic carbocycles. The number of aromatic nitrogens is 2. The van der Waals surface area contributed by atoms with E-state index in [1.807, 2.05) is 36.5 Å². The van der Waals surface area contributed by atoms with Gasteiger partial charge in [-0.3, -0.25) is 9.59 Å². The number of anilines is 1. The number of rotatable bonds is 7. The molecule has 2 aliphatic rings. The van der Waals surface area contributed by atoms with Crippen molar-refractivity contribution in [2.24, 2.45) is 11.8 Å². The Morgan fingerprint density at radius 2 is 1.96 bits per heavy atom. The van der Waals surface area contributed by atoms with Crippen molar-refractivity contribution in [1.82, 2.24) is 15.1 Å². The second-order valence-corrected chi connectivity index (χ2v) is 8.10. The van der Waals surface area contributed by atoms with Crippen LogP contribution in [0.25, 0.3) is 0 Å². The lowest BCUT2D eigenvalue weighted by atomic mass is 9.94. The van der Waals surface area contributed by atoms with Gasteiger partial charge in [0.1, 0.15) is 0 Å². The zero-order chi connectivity index (χ0) is 19.3. The van der Waals surface area contributed by atoms with E-state index in [2.05, 4.69) is 15.3 Å². The van der Waals surface area contributed by atoms with E-state index in [1.165, 1.54) is 12.8 Å². The van der Waals surface area contributed by atoms with E-state index in [4.69, 9.17) is 0 Å². The number of nitrogens with one attached hydrogen (secondary N) is 1. The van der Waals surface area contributed by atoms with Crippen molar-refractivity contribution in [3.63, 3.8) is 0 Å². The first-order valence-corrected chi connectivity index (χ1v) is 10.3. The maximum atomic E-state index is 12.3. The minimum absolute atomic E-state index is 0.0212. The summed E-state index contributed by atoms with van der Waals surface area (Å²) in [5.41, 5.74) is 1.97.